The number of aromatic nitrogens is 3. The fourth-order valence-corrected chi connectivity index (χ4v) is 3.20. The van der Waals surface area contributed by atoms with E-state index in [2.05, 4.69) is 20.7 Å². The lowest BCUT2D eigenvalue weighted by atomic mass is 10.0. The summed E-state index contributed by atoms with van der Waals surface area (Å²) in [6.45, 7) is 1.98. The quantitative estimate of drug-likeness (QED) is 0.503. The van der Waals surface area contributed by atoms with Crippen molar-refractivity contribution in [2.24, 2.45) is 7.05 Å². The van der Waals surface area contributed by atoms with Crippen LogP contribution in [-0.4, -0.2) is 20.8 Å². The molecule has 0 aliphatic rings. The number of amides is 2. The van der Waals surface area contributed by atoms with Crippen LogP contribution >= 0.6 is 0 Å². The average molecular weight is 372 g/mol. The second kappa shape index (κ2) is 7.03. The first-order valence-electron chi connectivity index (χ1n) is 8.83. The Balaban J connectivity index is 1.54. The minimum Gasteiger partial charge on any atom is -0.382 e. The van der Waals surface area contributed by atoms with Crippen molar-refractivity contribution in [2.75, 3.05) is 16.4 Å². The summed E-state index contributed by atoms with van der Waals surface area (Å²) < 4.78 is 1.67. The molecule has 28 heavy (non-hydrogen) atoms. The van der Waals surface area contributed by atoms with Crippen LogP contribution in [0.15, 0.2) is 60.8 Å². The van der Waals surface area contributed by atoms with E-state index in [-0.39, 0.29) is 6.03 Å². The number of carbonyl (C=O) groups excluding carboxylic acids is 1. The fraction of sp³-hybridized carbons (Fsp3) is 0.0952. The molecule has 2 aromatic heterocycles. The van der Waals surface area contributed by atoms with Gasteiger partial charge in [-0.3, -0.25) is 0 Å². The molecule has 0 radical (unpaired) electrons. The van der Waals surface area contributed by atoms with Crippen molar-refractivity contribution in [3.63, 3.8) is 0 Å². The minimum absolute atomic E-state index is 0.291. The van der Waals surface area contributed by atoms with Crippen molar-refractivity contribution in [3.8, 4) is 11.1 Å². The molecule has 0 saturated heterocycles. The zero-order chi connectivity index (χ0) is 19.7. The maximum atomic E-state index is 12.2. The van der Waals surface area contributed by atoms with Crippen LogP contribution in [0.5, 0.6) is 0 Å². The molecule has 0 spiro atoms. The Hall–Kier alpha value is -3.87. The van der Waals surface area contributed by atoms with Gasteiger partial charge in [-0.2, -0.15) is 5.10 Å². The Morgan fingerprint density at radius 1 is 1.04 bits per heavy atom. The number of carbonyl (C=O) groups is 1. The molecule has 0 fully saturated rings. The number of benzene rings is 2. The highest BCUT2D eigenvalue weighted by atomic mass is 16.2. The summed E-state index contributed by atoms with van der Waals surface area (Å²) in [4.78, 5) is 16.6. The van der Waals surface area contributed by atoms with E-state index in [0.29, 0.717) is 11.5 Å². The fourth-order valence-electron chi connectivity index (χ4n) is 3.20. The first-order chi connectivity index (χ1) is 13.5. The third-order valence-corrected chi connectivity index (χ3v) is 4.48. The number of urea groups is 1. The van der Waals surface area contributed by atoms with Crippen LogP contribution in [0.25, 0.3) is 22.2 Å². The Labute approximate surface area is 162 Å². The molecule has 0 unspecified atom stereocenters. The van der Waals surface area contributed by atoms with E-state index < -0.39 is 0 Å². The third kappa shape index (κ3) is 3.37. The normalized spacial score (nSPS) is 10.8. The van der Waals surface area contributed by atoms with Crippen LogP contribution in [0.1, 0.15) is 5.56 Å². The average Bonchev–Trinajstić information content (AvgIpc) is 2.96. The molecule has 0 aliphatic carbocycles. The zero-order valence-corrected chi connectivity index (χ0v) is 15.6. The highest BCUT2D eigenvalue weighted by Gasteiger charge is 2.13. The number of aryl methyl sites for hydroxylation is 2. The number of rotatable bonds is 3. The summed E-state index contributed by atoms with van der Waals surface area (Å²) in [6.07, 6.45) is 1.74. The molecule has 0 bridgehead atoms. The predicted molar refractivity (Wildman–Crippen MR) is 112 cm³/mol. The Bertz CT molecular complexity index is 1160. The van der Waals surface area contributed by atoms with Crippen molar-refractivity contribution < 1.29 is 4.79 Å². The van der Waals surface area contributed by atoms with Gasteiger partial charge in [0.2, 0.25) is 0 Å². The summed E-state index contributed by atoms with van der Waals surface area (Å²) in [5.41, 5.74) is 11.2. The SMILES string of the molecule is Cc1cccc(NC(=O)Nc2ccc(-c3ccnc4c3c(N)nn4C)cc2)c1. The highest BCUT2D eigenvalue weighted by molar-refractivity contribution is 6.01. The van der Waals surface area contributed by atoms with Crippen molar-refractivity contribution >= 4 is 34.3 Å². The first-order valence-corrected chi connectivity index (χ1v) is 8.83. The number of hydrogen-bond donors (Lipinski definition) is 3. The summed E-state index contributed by atoms with van der Waals surface area (Å²) in [5.74, 6) is 0.445. The second-order valence-corrected chi connectivity index (χ2v) is 6.59. The number of nitrogens with one attached hydrogen (secondary N) is 2. The molecule has 2 aromatic carbocycles. The maximum Gasteiger partial charge on any atom is 0.323 e. The van der Waals surface area contributed by atoms with Crippen molar-refractivity contribution in [3.05, 3.63) is 66.4 Å². The van der Waals surface area contributed by atoms with Gasteiger partial charge >= 0.3 is 6.03 Å². The Morgan fingerprint density at radius 2 is 1.79 bits per heavy atom. The van der Waals surface area contributed by atoms with Gasteiger partial charge in [0.25, 0.3) is 0 Å². The Morgan fingerprint density at radius 3 is 2.54 bits per heavy atom. The van der Waals surface area contributed by atoms with Gasteiger partial charge in [0, 0.05) is 24.6 Å². The molecule has 2 heterocycles. The van der Waals surface area contributed by atoms with E-state index >= 15 is 0 Å². The van der Waals surface area contributed by atoms with Crippen molar-refractivity contribution in [1.29, 1.82) is 0 Å². The number of anilines is 3. The molecular weight excluding hydrogens is 352 g/mol. The minimum atomic E-state index is -0.291. The molecule has 0 atom stereocenters. The van der Waals surface area contributed by atoms with Crippen molar-refractivity contribution in [2.45, 2.75) is 6.92 Å². The number of nitrogens with two attached hydrogens (primary N) is 1. The zero-order valence-electron chi connectivity index (χ0n) is 15.6. The molecule has 140 valence electrons. The lowest BCUT2D eigenvalue weighted by Crippen LogP contribution is -2.19. The van der Waals surface area contributed by atoms with E-state index in [4.69, 9.17) is 5.73 Å². The van der Waals surface area contributed by atoms with Crippen LogP contribution in [0.3, 0.4) is 0 Å². The molecule has 7 heteroatoms. The number of nitrogen functional groups attached to an aromatic ring is 1. The van der Waals surface area contributed by atoms with Crippen molar-refractivity contribution in [1.82, 2.24) is 14.8 Å². The molecule has 4 rings (SSSR count). The summed E-state index contributed by atoms with van der Waals surface area (Å²) in [7, 11) is 1.81. The maximum absolute atomic E-state index is 12.2. The van der Waals surface area contributed by atoms with Gasteiger partial charge in [-0.25, -0.2) is 14.5 Å². The van der Waals surface area contributed by atoms with Gasteiger partial charge < -0.3 is 16.4 Å². The van der Waals surface area contributed by atoms with Gasteiger partial charge in [-0.15, -0.1) is 0 Å². The standard InChI is InChI=1S/C21H20N6O/c1-13-4-3-5-16(12-13)25-21(28)24-15-8-6-14(7-9-15)17-10-11-23-20-18(17)19(22)26-27(20)2/h3-12H,1-2H3,(H2,22,26)(H2,24,25,28). The number of hydrogen-bond acceptors (Lipinski definition) is 4. The van der Waals surface area contributed by atoms with Gasteiger partial charge in [-0.1, -0.05) is 24.3 Å². The summed E-state index contributed by atoms with van der Waals surface area (Å²) >= 11 is 0. The highest BCUT2D eigenvalue weighted by Crippen LogP contribution is 2.31. The third-order valence-electron chi connectivity index (χ3n) is 4.48. The van der Waals surface area contributed by atoms with E-state index in [1.165, 1.54) is 0 Å². The van der Waals surface area contributed by atoms with E-state index in [0.717, 1.165) is 33.4 Å². The lowest BCUT2D eigenvalue weighted by Gasteiger charge is -2.09. The van der Waals surface area contributed by atoms with E-state index in [1.807, 2.05) is 68.6 Å². The smallest absolute Gasteiger partial charge is 0.323 e. The molecule has 4 aromatic rings. The summed E-state index contributed by atoms with van der Waals surface area (Å²) in [6, 6.07) is 16.8. The topological polar surface area (TPSA) is 97.9 Å². The van der Waals surface area contributed by atoms with Crippen LogP contribution in [0.2, 0.25) is 0 Å². The number of fused-ring (bicyclic) bond motifs is 1. The number of nitrogens with zero attached hydrogens (tertiary/aromatic N) is 3. The van der Waals surface area contributed by atoms with Crippen LogP contribution < -0.4 is 16.4 Å². The largest absolute Gasteiger partial charge is 0.382 e. The van der Waals surface area contributed by atoms with Crippen LogP contribution in [0, 0.1) is 6.92 Å². The predicted octanol–water partition coefficient (Wildman–Crippen LogP) is 4.17. The molecule has 2 amide bonds. The second-order valence-electron chi connectivity index (χ2n) is 6.59. The van der Waals surface area contributed by atoms with Gasteiger partial charge in [0.05, 0.1) is 5.39 Å². The molecule has 7 nitrogen and oxygen atoms in total. The molecule has 0 saturated carbocycles. The van der Waals surface area contributed by atoms with Crippen LogP contribution in [0.4, 0.5) is 22.0 Å². The van der Waals surface area contributed by atoms with Gasteiger partial charge in [0.1, 0.15) is 0 Å². The number of pyridine rings is 1. The Kier molecular flexibility index (Phi) is 4.41. The monoisotopic (exact) mass is 372 g/mol. The first kappa shape index (κ1) is 17.5. The van der Waals surface area contributed by atoms with Gasteiger partial charge in [-0.05, 0) is 53.9 Å². The molecule has 0 aliphatic heterocycles. The van der Waals surface area contributed by atoms with E-state index in [1.54, 1.807) is 10.9 Å². The van der Waals surface area contributed by atoms with Crippen LogP contribution in [-0.2, 0) is 7.05 Å². The van der Waals surface area contributed by atoms with Gasteiger partial charge in [0.15, 0.2) is 11.5 Å². The lowest BCUT2D eigenvalue weighted by molar-refractivity contribution is 0.262. The van der Waals surface area contributed by atoms with E-state index in [9.17, 15) is 4.79 Å². The molecular formula is C21H20N6O. The summed E-state index contributed by atoms with van der Waals surface area (Å²) in [5, 5.41) is 10.7. The molecule has 4 N–H and O–H groups in total.